The van der Waals surface area contributed by atoms with E-state index in [0.717, 1.165) is 0 Å². The van der Waals surface area contributed by atoms with E-state index in [-0.39, 0.29) is 43.8 Å². The fourth-order valence-electron chi connectivity index (χ4n) is 2.96. The molecule has 3 atom stereocenters. The Balaban J connectivity index is 5.09. The number of hydrogen-bond donors (Lipinski definition) is 9. The van der Waals surface area contributed by atoms with Crippen LogP contribution in [-0.4, -0.2) is 78.5 Å². The van der Waals surface area contributed by atoms with Gasteiger partial charge in [0.2, 0.25) is 17.7 Å². The number of guanidine groups is 2. The maximum absolute atomic E-state index is 12.8. The average molecular weight is 501 g/mol. The maximum Gasteiger partial charge on any atom is 0.326 e. The topological polar surface area (TPSA) is 279 Å². The molecule has 0 heterocycles. The molecule has 0 aromatic heterocycles. The third-order valence-electron chi connectivity index (χ3n) is 4.64. The van der Waals surface area contributed by atoms with E-state index in [9.17, 15) is 24.3 Å². The van der Waals surface area contributed by atoms with Gasteiger partial charge in [0.1, 0.15) is 12.1 Å². The van der Waals surface area contributed by atoms with Crippen molar-refractivity contribution < 1.29 is 24.3 Å². The summed E-state index contributed by atoms with van der Waals surface area (Å²) in [6, 6.07) is -3.07. The average Bonchev–Trinajstić information content (AvgIpc) is 2.74. The largest absolute Gasteiger partial charge is 0.480 e. The van der Waals surface area contributed by atoms with Gasteiger partial charge in [-0.2, -0.15) is 0 Å². The number of carbonyl (C=O) groups is 4. The second-order valence-electron chi connectivity index (χ2n) is 8.37. The molecule has 0 spiro atoms. The van der Waals surface area contributed by atoms with Crippen LogP contribution < -0.4 is 44.6 Å². The fourth-order valence-corrected chi connectivity index (χ4v) is 2.96. The van der Waals surface area contributed by atoms with Crippen molar-refractivity contribution in [2.45, 2.75) is 64.1 Å². The van der Waals surface area contributed by atoms with E-state index < -0.39 is 48.4 Å². The summed E-state index contributed by atoms with van der Waals surface area (Å²) in [7, 11) is 0. The predicted octanol–water partition coefficient (Wildman–Crippen LogP) is -3.36. The third kappa shape index (κ3) is 15.8. The molecule has 15 nitrogen and oxygen atoms in total. The molecular formula is C20H40N10O5. The molecule has 14 N–H and O–H groups in total. The molecule has 0 aromatic rings. The highest BCUT2D eigenvalue weighted by molar-refractivity contribution is 5.92. The van der Waals surface area contributed by atoms with Gasteiger partial charge in [0.05, 0.1) is 12.6 Å². The maximum atomic E-state index is 12.8. The number of nitrogens with one attached hydrogen (secondary N) is 3. The van der Waals surface area contributed by atoms with Crippen LogP contribution in [0.1, 0.15) is 46.0 Å². The highest BCUT2D eigenvalue weighted by Gasteiger charge is 2.26. The molecular weight excluding hydrogens is 460 g/mol. The lowest BCUT2D eigenvalue weighted by molar-refractivity contribution is -0.142. The van der Waals surface area contributed by atoms with Gasteiger partial charge in [-0.1, -0.05) is 13.8 Å². The van der Waals surface area contributed by atoms with Crippen LogP contribution in [0.25, 0.3) is 0 Å². The fraction of sp³-hybridized carbons (Fsp3) is 0.700. The Hall–Kier alpha value is -3.62. The number of nitrogens with two attached hydrogens (primary N) is 5. The first-order chi connectivity index (χ1) is 16.3. The number of carboxylic acids is 1. The van der Waals surface area contributed by atoms with Gasteiger partial charge in [-0.3, -0.25) is 24.4 Å². The number of rotatable bonds is 17. The summed E-state index contributed by atoms with van der Waals surface area (Å²) in [4.78, 5) is 56.4. The van der Waals surface area contributed by atoms with E-state index >= 15 is 0 Å². The van der Waals surface area contributed by atoms with Crippen molar-refractivity contribution in [3.05, 3.63) is 0 Å². The number of amides is 3. The highest BCUT2D eigenvalue weighted by atomic mass is 16.4. The van der Waals surface area contributed by atoms with Gasteiger partial charge in [-0.05, 0) is 38.0 Å². The summed E-state index contributed by atoms with van der Waals surface area (Å²) in [6.45, 7) is 3.82. The Morgan fingerprint density at radius 1 is 0.829 bits per heavy atom. The van der Waals surface area contributed by atoms with E-state index in [2.05, 4.69) is 25.9 Å². The highest BCUT2D eigenvalue weighted by Crippen LogP contribution is 2.04. The second-order valence-corrected chi connectivity index (χ2v) is 8.37. The van der Waals surface area contributed by atoms with Crippen molar-refractivity contribution in [1.29, 1.82) is 0 Å². The SMILES string of the molecule is CC(C)CC(N)C(=O)NCC(=O)NC(CCCN=C(N)N)C(=O)NC(CCCN=C(N)N)C(=O)O. The van der Waals surface area contributed by atoms with Gasteiger partial charge < -0.3 is 49.7 Å². The summed E-state index contributed by atoms with van der Waals surface area (Å²) >= 11 is 0. The lowest BCUT2D eigenvalue weighted by Crippen LogP contribution is -2.53. The molecule has 15 heteroatoms. The van der Waals surface area contributed by atoms with E-state index in [1.165, 1.54) is 0 Å². The van der Waals surface area contributed by atoms with Crippen molar-refractivity contribution in [2.75, 3.05) is 19.6 Å². The minimum Gasteiger partial charge on any atom is -0.480 e. The van der Waals surface area contributed by atoms with Crippen LogP contribution in [0.2, 0.25) is 0 Å². The molecule has 0 saturated heterocycles. The standard InChI is InChI=1S/C20H40N10O5/c1-11(2)9-12(21)16(32)28-10-15(31)29-13(5-3-7-26-19(22)23)17(33)30-14(18(34)35)6-4-8-27-20(24)25/h11-14H,3-10,21H2,1-2H3,(H,28,32)(H,29,31)(H,30,33)(H,34,35)(H4,22,23,26)(H4,24,25,27). The molecule has 35 heavy (non-hydrogen) atoms. The van der Waals surface area contributed by atoms with Crippen molar-refractivity contribution in [3.8, 4) is 0 Å². The smallest absolute Gasteiger partial charge is 0.326 e. The second kappa shape index (κ2) is 16.9. The van der Waals surface area contributed by atoms with E-state index in [1.807, 2.05) is 13.8 Å². The van der Waals surface area contributed by atoms with E-state index in [1.54, 1.807) is 0 Å². The Kier molecular flexibility index (Phi) is 15.2. The van der Waals surface area contributed by atoms with Crippen LogP contribution >= 0.6 is 0 Å². The first kappa shape index (κ1) is 31.4. The molecule has 0 radical (unpaired) electrons. The van der Waals surface area contributed by atoms with E-state index in [0.29, 0.717) is 19.3 Å². The van der Waals surface area contributed by atoms with Gasteiger partial charge in [0.25, 0.3) is 0 Å². The zero-order valence-electron chi connectivity index (χ0n) is 20.3. The first-order valence-corrected chi connectivity index (χ1v) is 11.3. The number of aliphatic carboxylic acids is 1. The van der Waals surface area contributed by atoms with Gasteiger partial charge in [0, 0.05) is 13.1 Å². The Morgan fingerprint density at radius 2 is 1.34 bits per heavy atom. The lowest BCUT2D eigenvalue weighted by atomic mass is 10.0. The molecule has 3 amide bonds. The lowest BCUT2D eigenvalue weighted by Gasteiger charge is -2.22. The molecule has 0 saturated carbocycles. The summed E-state index contributed by atoms with van der Waals surface area (Å²) in [5.74, 6) is -3.14. The van der Waals surface area contributed by atoms with Gasteiger partial charge in [0.15, 0.2) is 11.9 Å². The number of hydrogen-bond acceptors (Lipinski definition) is 7. The summed E-state index contributed by atoms with van der Waals surface area (Å²) in [6.07, 6.45) is 1.26. The molecule has 0 aliphatic rings. The Morgan fingerprint density at radius 3 is 1.80 bits per heavy atom. The van der Waals surface area contributed by atoms with Crippen molar-refractivity contribution in [1.82, 2.24) is 16.0 Å². The molecule has 3 unspecified atom stereocenters. The van der Waals surface area contributed by atoms with Crippen LogP contribution in [0.5, 0.6) is 0 Å². The van der Waals surface area contributed by atoms with Gasteiger partial charge in [-0.25, -0.2) is 4.79 Å². The predicted molar refractivity (Wildman–Crippen MR) is 132 cm³/mol. The van der Waals surface area contributed by atoms with Crippen molar-refractivity contribution >= 4 is 35.6 Å². The van der Waals surface area contributed by atoms with Crippen molar-refractivity contribution in [2.24, 2.45) is 44.6 Å². The molecule has 0 aliphatic carbocycles. The zero-order valence-corrected chi connectivity index (χ0v) is 20.3. The van der Waals surface area contributed by atoms with Gasteiger partial charge in [-0.15, -0.1) is 0 Å². The molecule has 0 rings (SSSR count). The molecule has 0 bridgehead atoms. The van der Waals surface area contributed by atoms with Gasteiger partial charge >= 0.3 is 5.97 Å². The summed E-state index contributed by atoms with van der Waals surface area (Å²) < 4.78 is 0. The number of carbonyl (C=O) groups excluding carboxylic acids is 3. The Labute approximate surface area is 204 Å². The normalized spacial score (nSPS) is 13.1. The summed E-state index contributed by atoms with van der Waals surface area (Å²) in [5.41, 5.74) is 26.8. The quantitative estimate of drug-likeness (QED) is 0.0543. The van der Waals surface area contributed by atoms with Crippen LogP contribution in [0.4, 0.5) is 0 Å². The summed E-state index contributed by atoms with van der Waals surface area (Å²) in [5, 5.41) is 16.8. The zero-order chi connectivity index (χ0) is 27.0. The molecule has 0 fully saturated rings. The molecule has 200 valence electrons. The third-order valence-corrected chi connectivity index (χ3v) is 4.64. The van der Waals surface area contributed by atoms with E-state index in [4.69, 9.17) is 28.7 Å². The van der Waals surface area contributed by atoms with Crippen LogP contribution in [0.15, 0.2) is 9.98 Å². The first-order valence-electron chi connectivity index (χ1n) is 11.3. The monoisotopic (exact) mass is 500 g/mol. The van der Waals surface area contributed by atoms with Crippen LogP contribution in [-0.2, 0) is 19.2 Å². The number of carboxylic acid groups (broad SMARTS) is 1. The minimum atomic E-state index is -1.25. The van der Waals surface area contributed by atoms with Crippen LogP contribution in [0.3, 0.4) is 0 Å². The minimum absolute atomic E-state index is 0.0658. The molecule has 0 aromatic carbocycles. The molecule has 0 aliphatic heterocycles. The number of aliphatic imine (C=N–C) groups is 2. The van der Waals surface area contributed by atoms with Crippen LogP contribution in [0, 0.1) is 5.92 Å². The van der Waals surface area contributed by atoms with Crippen molar-refractivity contribution in [3.63, 3.8) is 0 Å². The Bertz CT molecular complexity index is 763. The number of nitrogens with zero attached hydrogens (tertiary/aromatic N) is 2.